The van der Waals surface area contributed by atoms with Crippen LogP contribution in [-0.4, -0.2) is 50.0 Å². The predicted molar refractivity (Wildman–Crippen MR) is 140 cm³/mol. The third kappa shape index (κ3) is 7.21. The molecular formula is C26H34ClN3O4S. The van der Waals surface area contributed by atoms with E-state index < -0.39 is 28.5 Å². The Labute approximate surface area is 213 Å². The van der Waals surface area contributed by atoms with Gasteiger partial charge in [-0.2, -0.15) is 0 Å². The molecule has 0 aliphatic heterocycles. The number of carbonyl (C=O) groups excluding carboxylic acids is 2. The molecule has 9 heteroatoms. The molecule has 3 rings (SSSR count). The first-order chi connectivity index (χ1) is 16.6. The molecule has 0 spiro atoms. The fourth-order valence-electron chi connectivity index (χ4n) is 4.48. The lowest BCUT2D eigenvalue weighted by Crippen LogP contribution is -2.53. The largest absolute Gasteiger partial charge is 0.352 e. The number of anilines is 1. The maximum atomic E-state index is 13.7. The summed E-state index contributed by atoms with van der Waals surface area (Å²) in [6, 6.07) is 13.4. The molecule has 0 aromatic heterocycles. The lowest BCUT2D eigenvalue weighted by Gasteiger charge is -2.33. The highest BCUT2D eigenvalue weighted by molar-refractivity contribution is 7.92. The Kier molecular flexibility index (Phi) is 9.19. The summed E-state index contributed by atoms with van der Waals surface area (Å²) in [7, 11) is -3.77. The van der Waals surface area contributed by atoms with Crippen molar-refractivity contribution in [3.05, 3.63) is 64.7 Å². The molecule has 0 unspecified atom stereocenters. The maximum Gasteiger partial charge on any atom is 0.244 e. The fraction of sp³-hybridized carbons (Fsp3) is 0.462. The summed E-state index contributed by atoms with van der Waals surface area (Å²) >= 11 is 5.97. The first-order valence-corrected chi connectivity index (χ1v) is 14.2. The monoisotopic (exact) mass is 519 g/mol. The van der Waals surface area contributed by atoms with E-state index in [4.69, 9.17) is 11.6 Å². The molecule has 7 nitrogen and oxygen atoms in total. The van der Waals surface area contributed by atoms with E-state index in [-0.39, 0.29) is 18.5 Å². The number of nitrogens with one attached hydrogen (secondary N) is 1. The third-order valence-electron chi connectivity index (χ3n) is 6.48. The second-order valence-electron chi connectivity index (χ2n) is 9.11. The van der Waals surface area contributed by atoms with Crippen LogP contribution in [-0.2, 0) is 26.2 Å². The summed E-state index contributed by atoms with van der Waals surface area (Å²) in [6.07, 6.45) is 5.51. The highest BCUT2D eigenvalue weighted by Gasteiger charge is 2.33. The normalized spacial score (nSPS) is 15.0. The van der Waals surface area contributed by atoms with Crippen LogP contribution < -0.4 is 9.62 Å². The molecule has 1 aliphatic carbocycles. The van der Waals surface area contributed by atoms with E-state index in [2.05, 4.69) is 5.32 Å². The van der Waals surface area contributed by atoms with Gasteiger partial charge in [0.25, 0.3) is 0 Å². The summed E-state index contributed by atoms with van der Waals surface area (Å²) in [5.41, 5.74) is 2.24. The van der Waals surface area contributed by atoms with Crippen LogP contribution in [0.3, 0.4) is 0 Å². The SMILES string of the molecule is CC[C@H](C(=O)NC1CCCC1)N(Cc1ccccc1C)C(=O)CN(c1ccc(Cl)cc1)S(C)(=O)=O. The summed E-state index contributed by atoms with van der Waals surface area (Å²) in [6.45, 7) is 3.61. The zero-order valence-electron chi connectivity index (χ0n) is 20.5. The van der Waals surface area contributed by atoms with Crippen molar-refractivity contribution in [2.45, 2.75) is 64.6 Å². The average molecular weight is 520 g/mol. The summed E-state index contributed by atoms with van der Waals surface area (Å²) in [5.74, 6) is -0.638. The minimum Gasteiger partial charge on any atom is -0.352 e. The molecule has 2 aromatic carbocycles. The molecule has 190 valence electrons. The van der Waals surface area contributed by atoms with Gasteiger partial charge in [0.1, 0.15) is 12.6 Å². The number of amides is 2. The van der Waals surface area contributed by atoms with Gasteiger partial charge < -0.3 is 10.2 Å². The zero-order chi connectivity index (χ0) is 25.6. The summed E-state index contributed by atoms with van der Waals surface area (Å²) < 4.78 is 26.3. The number of hydrogen-bond donors (Lipinski definition) is 1. The van der Waals surface area contributed by atoms with Crippen LogP contribution in [0.1, 0.15) is 50.2 Å². The molecule has 1 saturated carbocycles. The fourth-order valence-corrected chi connectivity index (χ4v) is 5.45. The number of rotatable bonds is 10. The molecule has 2 aromatic rings. The Morgan fingerprint density at radius 3 is 2.29 bits per heavy atom. The van der Waals surface area contributed by atoms with E-state index in [1.807, 2.05) is 38.1 Å². The molecule has 2 amide bonds. The van der Waals surface area contributed by atoms with Gasteiger partial charge in [-0.1, -0.05) is 55.6 Å². The molecule has 0 radical (unpaired) electrons. The highest BCUT2D eigenvalue weighted by atomic mass is 35.5. The van der Waals surface area contributed by atoms with Crippen LogP contribution in [0.25, 0.3) is 0 Å². The molecule has 1 atom stereocenters. The minimum absolute atomic E-state index is 0.119. The van der Waals surface area contributed by atoms with Gasteiger partial charge in [0.2, 0.25) is 21.8 Å². The van der Waals surface area contributed by atoms with Gasteiger partial charge >= 0.3 is 0 Å². The highest BCUT2D eigenvalue weighted by Crippen LogP contribution is 2.23. The molecule has 0 bridgehead atoms. The average Bonchev–Trinajstić information content (AvgIpc) is 3.31. The first-order valence-electron chi connectivity index (χ1n) is 12.0. The Morgan fingerprint density at radius 2 is 1.71 bits per heavy atom. The van der Waals surface area contributed by atoms with E-state index in [9.17, 15) is 18.0 Å². The standard InChI is InChI=1S/C26H34ClN3O4S/c1-4-24(26(32)28-22-11-7-8-12-22)29(17-20-10-6-5-9-19(20)2)25(31)18-30(35(3,33)34)23-15-13-21(27)14-16-23/h5-6,9-10,13-16,22,24H,4,7-8,11-12,17-18H2,1-3H3,(H,28,32)/t24-/m1/s1. The van der Waals surface area contributed by atoms with Gasteiger partial charge in [-0.25, -0.2) is 8.42 Å². The quantitative estimate of drug-likeness (QED) is 0.507. The van der Waals surface area contributed by atoms with Gasteiger partial charge in [0.15, 0.2) is 0 Å². The van der Waals surface area contributed by atoms with E-state index in [0.29, 0.717) is 17.1 Å². The van der Waals surface area contributed by atoms with Crippen LogP contribution in [0, 0.1) is 6.92 Å². The lowest BCUT2D eigenvalue weighted by atomic mass is 10.1. The smallest absolute Gasteiger partial charge is 0.244 e. The van der Waals surface area contributed by atoms with Crippen molar-refractivity contribution in [2.24, 2.45) is 0 Å². The van der Waals surface area contributed by atoms with Crippen molar-refractivity contribution in [1.29, 1.82) is 0 Å². The van der Waals surface area contributed by atoms with Crippen molar-refractivity contribution in [3.63, 3.8) is 0 Å². The number of halogens is 1. The molecule has 1 aliphatic rings. The van der Waals surface area contributed by atoms with Crippen molar-refractivity contribution >= 4 is 39.1 Å². The summed E-state index contributed by atoms with van der Waals surface area (Å²) in [5, 5.41) is 3.57. The number of aryl methyl sites for hydroxylation is 1. The predicted octanol–water partition coefficient (Wildman–Crippen LogP) is 4.28. The van der Waals surface area contributed by atoms with Crippen LogP contribution in [0.5, 0.6) is 0 Å². The molecule has 0 heterocycles. The van der Waals surface area contributed by atoms with Crippen molar-refractivity contribution in [3.8, 4) is 0 Å². The number of hydrogen-bond acceptors (Lipinski definition) is 4. The molecule has 1 fully saturated rings. The van der Waals surface area contributed by atoms with Crippen LogP contribution in [0.4, 0.5) is 5.69 Å². The Bertz CT molecular complexity index is 1130. The van der Waals surface area contributed by atoms with Crippen molar-refractivity contribution < 1.29 is 18.0 Å². The number of carbonyl (C=O) groups is 2. The second-order valence-corrected chi connectivity index (χ2v) is 11.5. The molecular weight excluding hydrogens is 486 g/mol. The van der Waals surface area contributed by atoms with Gasteiger partial charge in [-0.15, -0.1) is 0 Å². The topological polar surface area (TPSA) is 86.8 Å². The Morgan fingerprint density at radius 1 is 1.09 bits per heavy atom. The van der Waals surface area contributed by atoms with Crippen LogP contribution in [0.15, 0.2) is 48.5 Å². The number of benzene rings is 2. The first kappa shape index (κ1) is 27.0. The van der Waals surface area contributed by atoms with E-state index in [0.717, 1.165) is 47.4 Å². The van der Waals surface area contributed by atoms with Crippen LogP contribution in [0.2, 0.25) is 5.02 Å². The van der Waals surface area contributed by atoms with Gasteiger partial charge in [0.05, 0.1) is 11.9 Å². The second kappa shape index (κ2) is 11.9. The van der Waals surface area contributed by atoms with Gasteiger partial charge in [0, 0.05) is 17.6 Å². The molecule has 0 saturated heterocycles. The molecule has 1 N–H and O–H groups in total. The lowest BCUT2D eigenvalue weighted by molar-refractivity contribution is -0.140. The van der Waals surface area contributed by atoms with Gasteiger partial charge in [-0.05, 0) is 61.6 Å². The zero-order valence-corrected chi connectivity index (χ0v) is 22.1. The Hall–Kier alpha value is -2.58. The number of nitrogens with zero attached hydrogens (tertiary/aromatic N) is 2. The van der Waals surface area contributed by atoms with E-state index >= 15 is 0 Å². The third-order valence-corrected chi connectivity index (χ3v) is 7.88. The number of sulfonamides is 1. The molecule has 35 heavy (non-hydrogen) atoms. The van der Waals surface area contributed by atoms with Gasteiger partial charge in [-0.3, -0.25) is 13.9 Å². The van der Waals surface area contributed by atoms with E-state index in [1.165, 1.54) is 4.90 Å². The van der Waals surface area contributed by atoms with E-state index in [1.54, 1.807) is 24.3 Å². The summed E-state index contributed by atoms with van der Waals surface area (Å²) in [4.78, 5) is 28.5. The van der Waals surface area contributed by atoms with Crippen LogP contribution >= 0.6 is 11.6 Å². The Balaban J connectivity index is 1.92. The maximum absolute atomic E-state index is 13.7. The van der Waals surface area contributed by atoms with Crippen molar-refractivity contribution in [2.75, 3.05) is 17.1 Å². The minimum atomic E-state index is -3.77. The van der Waals surface area contributed by atoms with Crippen molar-refractivity contribution in [1.82, 2.24) is 10.2 Å².